The van der Waals surface area contributed by atoms with Crippen molar-refractivity contribution in [2.75, 3.05) is 0 Å². The minimum atomic E-state index is -5.65. The third-order valence-corrected chi connectivity index (χ3v) is 6.99. The van der Waals surface area contributed by atoms with E-state index in [9.17, 15) is 46.8 Å². The largest absolute Gasteiger partial charge is 0.437 e. The van der Waals surface area contributed by atoms with E-state index in [0.29, 0.717) is 12.1 Å². The van der Waals surface area contributed by atoms with Gasteiger partial charge in [0.1, 0.15) is 11.7 Å². The first-order valence-electron chi connectivity index (χ1n) is 11.1. The molecule has 0 spiro atoms. The first-order valence-corrected chi connectivity index (χ1v) is 11.9. The van der Waals surface area contributed by atoms with Crippen LogP contribution >= 0.6 is 11.3 Å². The number of rotatable bonds is 8. The van der Waals surface area contributed by atoms with Gasteiger partial charge in [0, 0.05) is 17.7 Å². The van der Waals surface area contributed by atoms with E-state index in [-0.39, 0.29) is 15.3 Å². The molecule has 3 atom stereocenters. The van der Waals surface area contributed by atoms with Crippen LogP contribution in [0.15, 0.2) is 66.0 Å². The summed E-state index contributed by atoms with van der Waals surface area (Å²) in [5.41, 5.74) is -5.47. The smallest absolute Gasteiger partial charge is 0.434 e. The van der Waals surface area contributed by atoms with Crippen molar-refractivity contribution in [1.29, 1.82) is 0 Å². The monoisotopic (exact) mass is 571 g/mol. The zero-order chi connectivity index (χ0) is 28.5. The molecule has 1 aliphatic heterocycles. The van der Waals surface area contributed by atoms with Crippen LogP contribution in [-0.2, 0) is 6.54 Å². The summed E-state index contributed by atoms with van der Waals surface area (Å²) in [6.45, 7) is -4.30. The number of nitrogens with one attached hydrogen (secondary N) is 1. The number of alkyl halides is 5. The van der Waals surface area contributed by atoms with E-state index in [2.05, 4.69) is 10.1 Å². The molecule has 0 saturated carbocycles. The first-order chi connectivity index (χ1) is 18.3. The molecule has 1 saturated heterocycles. The van der Waals surface area contributed by atoms with Gasteiger partial charge in [-0.05, 0) is 23.1 Å². The molecule has 0 unspecified atom stereocenters. The quantitative estimate of drug-likeness (QED) is 0.164. The van der Waals surface area contributed by atoms with Gasteiger partial charge in [0.05, 0.1) is 22.4 Å². The lowest BCUT2D eigenvalue weighted by molar-refractivity contribution is -0.385. The fraction of sp³-hybridized carbons (Fsp3) is 0.250. The number of non-ortho nitro benzene ring substituents is 1. The van der Waals surface area contributed by atoms with Gasteiger partial charge in [-0.15, -0.1) is 11.3 Å². The lowest BCUT2D eigenvalue weighted by Crippen LogP contribution is -2.73. The molecule has 15 heteroatoms. The Bertz CT molecular complexity index is 1370. The molecule has 1 aromatic heterocycles. The number of benzene rings is 2. The van der Waals surface area contributed by atoms with Crippen molar-refractivity contribution in [2.24, 2.45) is 5.92 Å². The van der Waals surface area contributed by atoms with Gasteiger partial charge in [0.25, 0.3) is 11.4 Å². The first kappa shape index (κ1) is 27.9. The molecular weight excluding hydrogens is 553 g/mol. The van der Waals surface area contributed by atoms with E-state index in [1.165, 1.54) is 41.8 Å². The molecule has 1 fully saturated rings. The standard InChI is InChI=1S/C24H18F5N3O6S/c25-21(26)38-16-9-8-14(32(36)37)11-15(16)19-18(20(33)17-7-4-10-39-17)23(35,24(27,28)29)31(22(34)30-19)12-13-5-2-1-3-6-13/h1-11,18-19,21,35H,12H2,(H,30,34)/t18-,19+,23+/m0/s1. The molecule has 9 nitrogen and oxygen atoms in total. The number of nitro groups is 1. The van der Waals surface area contributed by atoms with Crippen LogP contribution in [0, 0.1) is 16.0 Å². The number of halogens is 5. The fourth-order valence-corrected chi connectivity index (χ4v) is 5.10. The molecule has 206 valence electrons. The average molecular weight is 571 g/mol. The van der Waals surface area contributed by atoms with Crippen LogP contribution in [0.3, 0.4) is 0 Å². The summed E-state index contributed by atoms with van der Waals surface area (Å²) in [4.78, 5) is 37.0. The molecule has 4 rings (SSSR count). The van der Waals surface area contributed by atoms with Crippen LogP contribution in [0.2, 0.25) is 0 Å². The zero-order valence-electron chi connectivity index (χ0n) is 19.5. The number of hydrogen-bond donors (Lipinski definition) is 2. The second-order valence-corrected chi connectivity index (χ2v) is 9.35. The predicted octanol–water partition coefficient (Wildman–Crippen LogP) is 5.27. The van der Waals surface area contributed by atoms with Gasteiger partial charge in [-0.2, -0.15) is 22.0 Å². The number of amides is 2. The van der Waals surface area contributed by atoms with Crippen LogP contribution in [0.4, 0.5) is 32.4 Å². The van der Waals surface area contributed by atoms with E-state index in [1.807, 2.05) is 0 Å². The number of nitro benzene ring substituents is 1. The van der Waals surface area contributed by atoms with E-state index >= 15 is 0 Å². The third kappa shape index (κ3) is 5.27. The van der Waals surface area contributed by atoms with Crippen molar-refractivity contribution < 1.29 is 46.3 Å². The van der Waals surface area contributed by atoms with Crippen LogP contribution < -0.4 is 10.1 Å². The number of carbonyl (C=O) groups is 2. The minimum Gasteiger partial charge on any atom is -0.434 e. The zero-order valence-corrected chi connectivity index (χ0v) is 20.3. The number of hydrogen-bond acceptors (Lipinski definition) is 7. The van der Waals surface area contributed by atoms with Crippen molar-refractivity contribution in [3.05, 3.63) is 92.2 Å². The summed E-state index contributed by atoms with van der Waals surface area (Å²) in [6, 6.07) is 8.28. The van der Waals surface area contributed by atoms with Crippen LogP contribution in [0.5, 0.6) is 5.75 Å². The van der Waals surface area contributed by atoms with Gasteiger partial charge >= 0.3 is 18.8 Å². The molecule has 2 amide bonds. The lowest BCUT2D eigenvalue weighted by Gasteiger charge is -2.51. The molecule has 3 aromatic rings. The summed E-state index contributed by atoms with van der Waals surface area (Å²) < 4.78 is 75.2. The SMILES string of the molecule is O=C(c1cccs1)[C@@H]1[C@@H](c2cc([N+](=O)[O-])ccc2OC(F)F)NC(=O)N(Cc2ccccc2)[C@]1(O)C(F)(F)F. The van der Waals surface area contributed by atoms with E-state index in [4.69, 9.17) is 0 Å². The highest BCUT2D eigenvalue weighted by atomic mass is 32.1. The second kappa shape index (κ2) is 10.6. The van der Waals surface area contributed by atoms with E-state index in [0.717, 1.165) is 17.4 Å². The summed E-state index contributed by atoms with van der Waals surface area (Å²) in [7, 11) is 0. The maximum atomic E-state index is 14.8. The average Bonchev–Trinajstić information content (AvgIpc) is 3.41. The number of ketones is 1. The van der Waals surface area contributed by atoms with E-state index in [1.54, 1.807) is 6.07 Å². The Morgan fingerprint density at radius 1 is 1.18 bits per heavy atom. The number of aliphatic hydroxyl groups is 1. The van der Waals surface area contributed by atoms with Gasteiger partial charge in [-0.1, -0.05) is 36.4 Å². The highest BCUT2D eigenvalue weighted by Crippen LogP contribution is 2.50. The van der Waals surface area contributed by atoms with Gasteiger partial charge in [0.15, 0.2) is 5.78 Å². The Labute approximate surface area is 220 Å². The third-order valence-electron chi connectivity index (χ3n) is 6.11. The predicted molar refractivity (Wildman–Crippen MR) is 126 cm³/mol. The van der Waals surface area contributed by atoms with Crippen molar-refractivity contribution in [2.45, 2.75) is 31.1 Å². The number of nitrogens with zero attached hydrogens (tertiary/aromatic N) is 2. The second-order valence-electron chi connectivity index (χ2n) is 8.40. The summed E-state index contributed by atoms with van der Waals surface area (Å²) in [6.07, 6.45) is -5.65. The highest BCUT2D eigenvalue weighted by Gasteiger charge is 2.70. The Balaban J connectivity index is 1.97. The molecule has 2 aromatic carbocycles. The van der Waals surface area contributed by atoms with Crippen LogP contribution in [0.25, 0.3) is 0 Å². The molecule has 0 aliphatic carbocycles. The normalized spacial score (nSPS) is 21.5. The maximum absolute atomic E-state index is 14.8. The van der Waals surface area contributed by atoms with Gasteiger partial charge in [-0.25, -0.2) is 4.79 Å². The number of urea groups is 1. The summed E-state index contributed by atoms with van der Waals surface area (Å²) in [5, 5.41) is 26.4. The Morgan fingerprint density at radius 3 is 2.44 bits per heavy atom. The number of ether oxygens (including phenoxy) is 1. The molecular formula is C24H18F5N3O6S. The Morgan fingerprint density at radius 2 is 1.87 bits per heavy atom. The molecule has 0 bridgehead atoms. The topological polar surface area (TPSA) is 122 Å². The number of carbonyl (C=O) groups excluding carboxylic acids is 2. The van der Waals surface area contributed by atoms with Gasteiger partial charge in [-0.3, -0.25) is 19.8 Å². The molecule has 39 heavy (non-hydrogen) atoms. The van der Waals surface area contributed by atoms with Crippen molar-refractivity contribution in [3.63, 3.8) is 0 Å². The Kier molecular flexibility index (Phi) is 7.57. The molecule has 2 heterocycles. The molecule has 2 N–H and O–H groups in total. The summed E-state index contributed by atoms with van der Waals surface area (Å²) in [5.74, 6) is -4.71. The van der Waals surface area contributed by atoms with Gasteiger partial charge in [0.2, 0.25) is 0 Å². The van der Waals surface area contributed by atoms with Crippen LogP contribution in [-0.4, -0.2) is 45.3 Å². The fourth-order valence-electron chi connectivity index (χ4n) is 4.40. The maximum Gasteiger partial charge on any atom is 0.437 e. The lowest BCUT2D eigenvalue weighted by atomic mass is 9.77. The molecule has 1 aliphatic rings. The van der Waals surface area contributed by atoms with E-state index < -0.39 is 70.8 Å². The van der Waals surface area contributed by atoms with Crippen LogP contribution in [0.1, 0.15) is 26.8 Å². The van der Waals surface area contributed by atoms with Gasteiger partial charge < -0.3 is 15.2 Å². The van der Waals surface area contributed by atoms with Crippen molar-refractivity contribution in [1.82, 2.24) is 10.2 Å². The Hall–Kier alpha value is -4.11. The van der Waals surface area contributed by atoms with Crippen molar-refractivity contribution >= 4 is 28.8 Å². The molecule has 0 radical (unpaired) electrons. The minimum absolute atomic E-state index is 0.0278. The highest BCUT2D eigenvalue weighted by molar-refractivity contribution is 7.12. The van der Waals surface area contributed by atoms with Crippen molar-refractivity contribution in [3.8, 4) is 5.75 Å². The number of thiophene rings is 1. The summed E-state index contributed by atoms with van der Waals surface area (Å²) >= 11 is 0.743. The number of Topliss-reactive ketones (excluding diaryl/α,β-unsaturated/α-hetero) is 1.